The van der Waals surface area contributed by atoms with Crippen molar-refractivity contribution < 1.29 is 31.1 Å². The zero-order chi connectivity index (χ0) is 24.8. The van der Waals surface area contributed by atoms with Crippen molar-refractivity contribution in [3.63, 3.8) is 0 Å². The second kappa shape index (κ2) is 10.7. The van der Waals surface area contributed by atoms with Crippen molar-refractivity contribution in [2.75, 3.05) is 20.2 Å². The Morgan fingerprint density at radius 2 is 1.68 bits per heavy atom. The lowest BCUT2D eigenvalue weighted by molar-refractivity contribution is -0.121. The molecule has 7 nitrogen and oxygen atoms in total. The van der Waals surface area contributed by atoms with Crippen molar-refractivity contribution >= 4 is 16.1 Å². The van der Waals surface area contributed by atoms with Gasteiger partial charge in [0, 0.05) is 18.0 Å². The molecule has 0 saturated heterocycles. The number of para-hydroxylation sites is 1. The summed E-state index contributed by atoms with van der Waals surface area (Å²) in [5.74, 6) is 0.171. The Kier molecular flexibility index (Phi) is 8.21. The lowest BCUT2D eigenvalue weighted by atomic mass is 9.68. The van der Waals surface area contributed by atoms with Gasteiger partial charge in [-0.25, -0.2) is 0 Å². The summed E-state index contributed by atoms with van der Waals surface area (Å²) < 4.78 is 70.3. The third-order valence-electron chi connectivity index (χ3n) is 6.05. The van der Waals surface area contributed by atoms with E-state index in [1.165, 1.54) is 11.8 Å². The van der Waals surface area contributed by atoms with Crippen molar-refractivity contribution in [3.05, 3.63) is 65.7 Å². The molecule has 0 heterocycles. The second-order valence-electron chi connectivity index (χ2n) is 8.36. The van der Waals surface area contributed by atoms with Crippen LogP contribution in [0.1, 0.15) is 41.6 Å². The average molecular weight is 500 g/mol. The van der Waals surface area contributed by atoms with Crippen molar-refractivity contribution in [2.24, 2.45) is 0 Å². The van der Waals surface area contributed by atoms with Crippen LogP contribution in [0.15, 0.2) is 54.6 Å². The fraction of sp³-hybridized carbons (Fsp3) is 0.435. The van der Waals surface area contributed by atoms with Crippen LogP contribution in [0.3, 0.4) is 0 Å². The SMILES string of the molecule is COc1ccccc1C(=O)NCC1(c2ccccc2)CCC(NS(=O)(=O)NCC(F)(F)F)CC1. The average Bonchev–Trinajstić information content (AvgIpc) is 2.82. The normalized spacial score (nSPS) is 21.1. The summed E-state index contributed by atoms with van der Waals surface area (Å²) in [6.07, 6.45) is -2.74. The molecule has 0 radical (unpaired) electrons. The zero-order valence-electron chi connectivity index (χ0n) is 18.7. The van der Waals surface area contributed by atoms with Gasteiger partial charge in [0.2, 0.25) is 0 Å². The topological polar surface area (TPSA) is 96.5 Å². The molecule has 1 aliphatic rings. The number of rotatable bonds is 9. The van der Waals surface area contributed by atoms with Gasteiger partial charge in [0.1, 0.15) is 12.3 Å². The van der Waals surface area contributed by atoms with E-state index < -0.39 is 34.4 Å². The van der Waals surface area contributed by atoms with E-state index in [9.17, 15) is 26.4 Å². The van der Waals surface area contributed by atoms with Gasteiger partial charge < -0.3 is 10.1 Å². The van der Waals surface area contributed by atoms with Crippen LogP contribution in [0, 0.1) is 0 Å². The zero-order valence-corrected chi connectivity index (χ0v) is 19.5. The van der Waals surface area contributed by atoms with E-state index in [-0.39, 0.29) is 5.91 Å². The van der Waals surface area contributed by atoms with Crippen LogP contribution in [0.4, 0.5) is 13.2 Å². The standard InChI is InChI=1S/C23H28F3N3O4S/c1-33-20-10-6-5-9-19(20)21(30)27-15-22(17-7-3-2-4-8-17)13-11-18(12-14-22)29-34(31,32)28-16-23(24,25)26/h2-10,18,28-29H,11-16H2,1H3,(H,27,30). The maximum absolute atomic E-state index is 12.9. The third kappa shape index (κ3) is 6.94. The van der Waals surface area contributed by atoms with Crippen LogP contribution in [-0.4, -0.2) is 46.7 Å². The number of halogens is 3. The monoisotopic (exact) mass is 499 g/mol. The number of nitrogens with one attached hydrogen (secondary N) is 3. The van der Waals surface area contributed by atoms with Gasteiger partial charge in [-0.05, 0) is 43.4 Å². The van der Waals surface area contributed by atoms with Gasteiger partial charge in [0.25, 0.3) is 16.1 Å². The molecule has 11 heteroatoms. The number of benzene rings is 2. The van der Waals surface area contributed by atoms with Crippen molar-refractivity contribution in [2.45, 2.75) is 43.3 Å². The summed E-state index contributed by atoms with van der Waals surface area (Å²) in [7, 11) is -2.80. The highest BCUT2D eigenvalue weighted by atomic mass is 32.2. The molecular weight excluding hydrogens is 471 g/mol. The Morgan fingerprint density at radius 1 is 1.06 bits per heavy atom. The van der Waals surface area contributed by atoms with Crippen LogP contribution in [0.25, 0.3) is 0 Å². The molecule has 3 rings (SSSR count). The summed E-state index contributed by atoms with van der Waals surface area (Å²) >= 11 is 0. The highest BCUT2D eigenvalue weighted by Crippen LogP contribution is 2.39. The quantitative estimate of drug-likeness (QED) is 0.493. The van der Waals surface area contributed by atoms with Gasteiger partial charge in [0.15, 0.2) is 0 Å². The molecular formula is C23H28F3N3O4S. The molecule has 0 unspecified atom stereocenters. The summed E-state index contributed by atoms with van der Waals surface area (Å²) in [5.41, 5.74) is 0.970. The summed E-state index contributed by atoms with van der Waals surface area (Å²) in [6, 6.07) is 16.0. The smallest absolute Gasteiger partial charge is 0.402 e. The van der Waals surface area contributed by atoms with Crippen LogP contribution >= 0.6 is 0 Å². The Balaban J connectivity index is 1.69. The minimum atomic E-state index is -4.64. The summed E-state index contributed by atoms with van der Waals surface area (Å²) in [5, 5.41) is 2.99. The fourth-order valence-electron chi connectivity index (χ4n) is 4.26. The molecule has 0 spiro atoms. The summed E-state index contributed by atoms with van der Waals surface area (Å²) in [6.45, 7) is -1.31. The fourth-order valence-corrected chi connectivity index (χ4v) is 5.37. The lowest BCUT2D eigenvalue weighted by Crippen LogP contribution is -2.50. The molecule has 186 valence electrons. The van der Waals surface area contributed by atoms with Crippen LogP contribution in [0.5, 0.6) is 5.75 Å². The first-order valence-electron chi connectivity index (χ1n) is 10.8. The first kappa shape index (κ1) is 26.0. The predicted molar refractivity (Wildman–Crippen MR) is 122 cm³/mol. The summed E-state index contributed by atoms with van der Waals surface area (Å²) in [4.78, 5) is 12.9. The van der Waals surface area contributed by atoms with Gasteiger partial charge in [-0.1, -0.05) is 42.5 Å². The highest BCUT2D eigenvalue weighted by Gasteiger charge is 2.39. The third-order valence-corrected chi connectivity index (χ3v) is 7.22. The Labute approximate surface area is 197 Å². The molecule has 0 aromatic heterocycles. The Bertz CT molecular complexity index is 1070. The number of hydrogen-bond donors (Lipinski definition) is 3. The Morgan fingerprint density at radius 3 is 2.29 bits per heavy atom. The molecule has 2 aromatic carbocycles. The molecule has 0 aliphatic heterocycles. The van der Waals surface area contributed by atoms with Crippen molar-refractivity contribution in [1.82, 2.24) is 14.8 Å². The Hall–Kier alpha value is -2.63. The van der Waals surface area contributed by atoms with E-state index in [0.717, 1.165) is 5.56 Å². The first-order chi connectivity index (χ1) is 16.0. The van der Waals surface area contributed by atoms with E-state index in [2.05, 4.69) is 10.0 Å². The highest BCUT2D eigenvalue weighted by molar-refractivity contribution is 7.87. The van der Waals surface area contributed by atoms with E-state index in [1.807, 2.05) is 30.3 Å². The van der Waals surface area contributed by atoms with Crippen molar-refractivity contribution in [3.8, 4) is 5.75 Å². The predicted octanol–water partition coefficient (Wildman–Crippen LogP) is 3.29. The minimum Gasteiger partial charge on any atom is -0.496 e. The number of alkyl halides is 3. The largest absolute Gasteiger partial charge is 0.496 e. The molecule has 1 saturated carbocycles. The van der Waals surface area contributed by atoms with Crippen LogP contribution in [0.2, 0.25) is 0 Å². The molecule has 0 bridgehead atoms. The van der Waals surface area contributed by atoms with Gasteiger partial charge >= 0.3 is 6.18 Å². The molecule has 1 amide bonds. The number of ether oxygens (including phenoxy) is 1. The van der Waals surface area contributed by atoms with Crippen molar-refractivity contribution in [1.29, 1.82) is 0 Å². The number of methoxy groups -OCH3 is 1. The molecule has 1 fully saturated rings. The van der Waals surface area contributed by atoms with E-state index >= 15 is 0 Å². The van der Waals surface area contributed by atoms with Crippen LogP contribution in [-0.2, 0) is 15.6 Å². The van der Waals surface area contributed by atoms with E-state index in [0.29, 0.717) is 43.5 Å². The molecule has 1 aliphatic carbocycles. The molecule has 2 aromatic rings. The van der Waals surface area contributed by atoms with Gasteiger partial charge in [-0.2, -0.15) is 31.0 Å². The number of amides is 1. The minimum absolute atomic E-state index is 0.285. The maximum Gasteiger partial charge on any atom is 0.402 e. The second-order valence-corrected chi connectivity index (χ2v) is 9.89. The maximum atomic E-state index is 12.9. The number of hydrogen-bond acceptors (Lipinski definition) is 4. The van der Waals surface area contributed by atoms with E-state index in [1.54, 1.807) is 24.3 Å². The van der Waals surface area contributed by atoms with Crippen LogP contribution < -0.4 is 19.5 Å². The molecule has 0 atom stereocenters. The van der Waals surface area contributed by atoms with Gasteiger partial charge in [-0.15, -0.1) is 0 Å². The van der Waals surface area contributed by atoms with Gasteiger partial charge in [-0.3, -0.25) is 4.79 Å². The molecule has 34 heavy (non-hydrogen) atoms. The van der Waals surface area contributed by atoms with Gasteiger partial charge in [0.05, 0.1) is 12.7 Å². The number of carbonyl (C=O) groups excluding carboxylic acids is 1. The van der Waals surface area contributed by atoms with E-state index in [4.69, 9.17) is 4.74 Å². The first-order valence-corrected chi connectivity index (χ1v) is 12.3. The number of carbonyl (C=O) groups is 1. The molecule has 3 N–H and O–H groups in total. The lowest BCUT2D eigenvalue weighted by Gasteiger charge is -2.41.